The minimum atomic E-state index is 0. The van der Waals surface area contributed by atoms with E-state index >= 15 is 0 Å². The first kappa shape index (κ1) is 52.9. The first-order chi connectivity index (χ1) is 0. The third-order valence-electron chi connectivity index (χ3n) is 0. The van der Waals surface area contributed by atoms with Gasteiger partial charge in [0.2, 0.25) is 0 Å². The van der Waals surface area contributed by atoms with Crippen molar-refractivity contribution in [3.63, 3.8) is 0 Å². The summed E-state index contributed by atoms with van der Waals surface area (Å²) >= 11 is 0. The molecule has 4 heteroatoms. The summed E-state index contributed by atoms with van der Waals surface area (Å²) in [6.07, 6.45) is 0. The molecule has 0 amide bonds. The Hall–Kier alpha value is 1.41. The minimum absolute atomic E-state index is 0. The summed E-state index contributed by atoms with van der Waals surface area (Å²) in [5.41, 5.74) is 0. The van der Waals surface area contributed by atoms with Crippen molar-refractivity contribution in [3.8, 4) is 0 Å². The van der Waals surface area contributed by atoms with E-state index < -0.39 is 0 Å². The number of hydrogen-bond acceptors (Lipinski definition) is 0. The zero-order valence-electron chi connectivity index (χ0n) is 1.76. The fraction of sp³-hybridized carbons (Fsp3) is 0. The van der Waals surface area contributed by atoms with E-state index in [2.05, 4.69) is 0 Å². The Kier molecular flexibility index (Phi) is 341. The van der Waals surface area contributed by atoms with Crippen LogP contribution in [0.3, 0.4) is 0 Å². The quantitative estimate of drug-likeness (QED) is 0.391. The standard InChI is InChI=1S/2ClH.Hf.H2O/h2*1H;;1H2/p-2. The number of hydrogen-bond donors (Lipinski definition) is 0. The molecule has 0 aliphatic rings. The van der Waals surface area contributed by atoms with E-state index in [1.807, 2.05) is 0 Å². The number of rotatable bonds is 0. The van der Waals surface area contributed by atoms with Gasteiger partial charge >= 0.3 is 0 Å². The molecule has 1 nitrogen and oxygen atoms in total. The van der Waals surface area contributed by atoms with Crippen molar-refractivity contribution in [2.75, 3.05) is 0 Å². The summed E-state index contributed by atoms with van der Waals surface area (Å²) in [7, 11) is 0. The molecule has 0 spiro atoms. The van der Waals surface area contributed by atoms with Crippen LogP contribution in [0, 0.1) is 0 Å². The van der Waals surface area contributed by atoms with Crippen LogP contribution in [-0.4, -0.2) is 5.48 Å². The van der Waals surface area contributed by atoms with Gasteiger partial charge < -0.3 is 30.3 Å². The summed E-state index contributed by atoms with van der Waals surface area (Å²) in [6, 6.07) is 0. The van der Waals surface area contributed by atoms with Crippen molar-refractivity contribution in [3.05, 3.63) is 0 Å². The van der Waals surface area contributed by atoms with Gasteiger partial charge in [-0.1, -0.05) is 0 Å². The normalized spacial score (nSPS) is 0. The topological polar surface area (TPSA) is 31.5 Å². The molecule has 0 unspecified atom stereocenters. The van der Waals surface area contributed by atoms with Crippen LogP contribution in [0.5, 0.6) is 0 Å². The Bertz CT molecular complexity index is 6.00. The minimum Gasteiger partial charge on any atom is -1.00 e. The van der Waals surface area contributed by atoms with Crippen molar-refractivity contribution in [2.45, 2.75) is 0 Å². The molecular formula is H2Cl2HfO-2. The van der Waals surface area contributed by atoms with E-state index in [0.29, 0.717) is 0 Å². The maximum atomic E-state index is 0. The predicted octanol–water partition coefficient (Wildman–Crippen LogP) is -6.82. The molecule has 0 rings (SSSR count). The molecule has 4 heavy (non-hydrogen) atoms. The second-order valence-corrected chi connectivity index (χ2v) is 0. The van der Waals surface area contributed by atoms with Crippen LogP contribution in [0.2, 0.25) is 0 Å². The molecule has 0 saturated carbocycles. The van der Waals surface area contributed by atoms with Crippen LogP contribution < -0.4 is 24.8 Å². The van der Waals surface area contributed by atoms with E-state index in [-0.39, 0.29) is 56.1 Å². The maximum absolute atomic E-state index is 0. The van der Waals surface area contributed by atoms with Gasteiger partial charge in [0.25, 0.3) is 0 Å². The second-order valence-electron chi connectivity index (χ2n) is 0. The van der Waals surface area contributed by atoms with Crippen LogP contribution in [0.1, 0.15) is 0 Å². The largest absolute Gasteiger partial charge is 1.00 e. The van der Waals surface area contributed by atoms with Crippen molar-refractivity contribution in [1.29, 1.82) is 0 Å². The first-order valence-electron chi connectivity index (χ1n) is 0. The van der Waals surface area contributed by atoms with Crippen LogP contribution in [0.4, 0.5) is 0 Å². The van der Waals surface area contributed by atoms with Gasteiger partial charge in [-0.25, -0.2) is 0 Å². The molecule has 0 bridgehead atoms. The zero-order valence-corrected chi connectivity index (χ0v) is 6.86. The Morgan fingerprint density at radius 2 is 0.750 bits per heavy atom. The molecule has 0 aliphatic heterocycles. The molecule has 0 saturated heterocycles. The van der Waals surface area contributed by atoms with Crippen LogP contribution in [0.25, 0.3) is 0 Å². The summed E-state index contributed by atoms with van der Waals surface area (Å²) < 4.78 is 0. The van der Waals surface area contributed by atoms with E-state index in [1.54, 1.807) is 0 Å². The monoisotopic (exact) mass is 268 g/mol. The molecule has 0 aromatic rings. The van der Waals surface area contributed by atoms with Gasteiger partial charge in [-0.3, -0.25) is 0 Å². The van der Waals surface area contributed by atoms with Gasteiger partial charge in [-0.2, -0.15) is 0 Å². The Labute approximate surface area is 56.1 Å². The Morgan fingerprint density at radius 1 is 0.750 bits per heavy atom. The van der Waals surface area contributed by atoms with Gasteiger partial charge in [-0.05, 0) is 0 Å². The van der Waals surface area contributed by atoms with Crippen molar-refractivity contribution >= 4 is 0 Å². The van der Waals surface area contributed by atoms with Crippen LogP contribution >= 0.6 is 0 Å². The van der Waals surface area contributed by atoms with E-state index in [4.69, 9.17) is 0 Å². The SMILES string of the molecule is O.[Cl-].[Cl-].[Hf]. The molecule has 0 aliphatic carbocycles. The summed E-state index contributed by atoms with van der Waals surface area (Å²) in [6.45, 7) is 0. The van der Waals surface area contributed by atoms with Crippen molar-refractivity contribution in [2.24, 2.45) is 0 Å². The van der Waals surface area contributed by atoms with Crippen LogP contribution in [0.15, 0.2) is 0 Å². The maximum Gasteiger partial charge on any atom is 0 e. The first-order valence-corrected chi connectivity index (χ1v) is 0. The summed E-state index contributed by atoms with van der Waals surface area (Å²) in [4.78, 5) is 0. The van der Waals surface area contributed by atoms with Gasteiger partial charge in [0.15, 0.2) is 0 Å². The Morgan fingerprint density at radius 3 is 0.750 bits per heavy atom. The van der Waals surface area contributed by atoms with E-state index in [9.17, 15) is 0 Å². The predicted molar refractivity (Wildman–Crippen MR) is 3.61 cm³/mol. The third-order valence-corrected chi connectivity index (χ3v) is 0. The molecule has 0 fully saturated rings. The molecular weight excluding hydrogens is 265 g/mol. The van der Waals surface area contributed by atoms with Crippen molar-refractivity contribution in [1.82, 2.24) is 0 Å². The Balaban J connectivity index is 0. The van der Waals surface area contributed by atoms with Gasteiger partial charge in [-0.15, -0.1) is 0 Å². The van der Waals surface area contributed by atoms with E-state index in [0.717, 1.165) is 0 Å². The third kappa shape index (κ3) is 9.96. The van der Waals surface area contributed by atoms with Crippen molar-refractivity contribution < 1.29 is 56.1 Å². The zero-order chi connectivity index (χ0) is 0. The molecule has 0 atom stereocenters. The molecule has 0 aromatic heterocycles. The summed E-state index contributed by atoms with van der Waals surface area (Å²) in [5.74, 6) is 0. The van der Waals surface area contributed by atoms with Gasteiger partial charge in [0.1, 0.15) is 0 Å². The molecule has 0 heterocycles. The number of halogens is 2. The van der Waals surface area contributed by atoms with E-state index in [1.165, 1.54) is 0 Å². The molecule has 0 aromatic carbocycles. The van der Waals surface area contributed by atoms with Crippen LogP contribution in [-0.2, 0) is 25.8 Å². The molecule has 0 radical (unpaired) electrons. The fourth-order valence-electron chi connectivity index (χ4n) is 0. The second kappa shape index (κ2) is 25.8. The van der Waals surface area contributed by atoms with Gasteiger partial charge in [0, 0.05) is 25.8 Å². The smallest absolute Gasteiger partial charge is 0 e. The fourth-order valence-corrected chi connectivity index (χ4v) is 0. The molecule has 28 valence electrons. The summed E-state index contributed by atoms with van der Waals surface area (Å²) in [5, 5.41) is 0. The average Bonchev–Trinajstić information content (AvgIpc) is 0. The molecule has 2 N–H and O–H groups in total. The average molecular weight is 267 g/mol. The van der Waals surface area contributed by atoms with Gasteiger partial charge in [0.05, 0.1) is 0 Å².